The maximum absolute atomic E-state index is 11.7. The molecule has 2 unspecified atom stereocenters. The van der Waals surface area contributed by atoms with Crippen LogP contribution in [0.4, 0.5) is 0 Å². The average molecular weight is 257 g/mol. The van der Waals surface area contributed by atoms with E-state index in [1.165, 1.54) is 20.0 Å². The van der Waals surface area contributed by atoms with Gasteiger partial charge >= 0.3 is 5.97 Å². The SMILES string of the molecule is CCCCC(CCC)NC(CCCC)C(=O)OC. The summed E-state index contributed by atoms with van der Waals surface area (Å²) in [6.07, 6.45) is 8.95. The minimum Gasteiger partial charge on any atom is -0.468 e. The van der Waals surface area contributed by atoms with Gasteiger partial charge in [-0.05, 0) is 19.3 Å². The van der Waals surface area contributed by atoms with Gasteiger partial charge in [0.25, 0.3) is 0 Å². The van der Waals surface area contributed by atoms with Crippen molar-refractivity contribution in [2.45, 2.75) is 84.2 Å². The van der Waals surface area contributed by atoms with Crippen LogP contribution in [0.5, 0.6) is 0 Å². The van der Waals surface area contributed by atoms with Crippen LogP contribution in [0.1, 0.15) is 72.1 Å². The Hall–Kier alpha value is -0.570. The number of esters is 1. The highest BCUT2D eigenvalue weighted by Crippen LogP contribution is 2.11. The van der Waals surface area contributed by atoms with Crippen LogP contribution in [0, 0.1) is 0 Å². The van der Waals surface area contributed by atoms with Gasteiger partial charge in [-0.15, -0.1) is 0 Å². The highest BCUT2D eigenvalue weighted by atomic mass is 16.5. The lowest BCUT2D eigenvalue weighted by Gasteiger charge is -2.24. The topological polar surface area (TPSA) is 38.3 Å². The molecule has 1 N–H and O–H groups in total. The molecule has 0 fully saturated rings. The summed E-state index contributed by atoms with van der Waals surface area (Å²) in [6, 6.07) is 0.333. The Kier molecular flexibility index (Phi) is 11.2. The number of rotatable bonds is 11. The molecule has 0 amide bonds. The first-order chi connectivity index (χ1) is 8.69. The van der Waals surface area contributed by atoms with Crippen LogP contribution in [0.15, 0.2) is 0 Å². The number of nitrogens with one attached hydrogen (secondary N) is 1. The minimum absolute atomic E-state index is 0.110. The van der Waals surface area contributed by atoms with E-state index in [0.717, 1.165) is 38.5 Å². The Balaban J connectivity index is 4.32. The first kappa shape index (κ1) is 17.4. The molecule has 108 valence electrons. The van der Waals surface area contributed by atoms with E-state index >= 15 is 0 Å². The second-order valence-corrected chi connectivity index (χ2v) is 5.01. The van der Waals surface area contributed by atoms with E-state index in [9.17, 15) is 4.79 Å². The van der Waals surface area contributed by atoms with Crippen molar-refractivity contribution >= 4 is 5.97 Å². The molecule has 0 aliphatic carbocycles. The summed E-state index contributed by atoms with van der Waals surface area (Å²) >= 11 is 0. The Labute approximate surface area is 113 Å². The monoisotopic (exact) mass is 257 g/mol. The number of carbonyl (C=O) groups is 1. The van der Waals surface area contributed by atoms with E-state index in [-0.39, 0.29) is 12.0 Å². The maximum atomic E-state index is 11.7. The van der Waals surface area contributed by atoms with Crippen LogP contribution < -0.4 is 5.32 Å². The Bertz CT molecular complexity index is 207. The third kappa shape index (κ3) is 7.70. The van der Waals surface area contributed by atoms with Crippen molar-refractivity contribution in [3.05, 3.63) is 0 Å². The summed E-state index contributed by atoms with van der Waals surface area (Å²) < 4.78 is 4.89. The van der Waals surface area contributed by atoms with Crippen LogP contribution in [-0.2, 0) is 9.53 Å². The van der Waals surface area contributed by atoms with Crippen molar-refractivity contribution in [2.24, 2.45) is 0 Å². The second-order valence-electron chi connectivity index (χ2n) is 5.01. The summed E-state index contributed by atoms with van der Waals surface area (Å²) in [4.78, 5) is 11.7. The summed E-state index contributed by atoms with van der Waals surface area (Å²) in [7, 11) is 1.48. The lowest BCUT2D eigenvalue weighted by molar-refractivity contribution is -0.143. The van der Waals surface area contributed by atoms with Crippen LogP contribution in [0.2, 0.25) is 0 Å². The van der Waals surface area contributed by atoms with E-state index in [0.29, 0.717) is 6.04 Å². The van der Waals surface area contributed by atoms with E-state index in [1.807, 2.05) is 0 Å². The lowest BCUT2D eigenvalue weighted by Crippen LogP contribution is -2.44. The third-order valence-corrected chi connectivity index (χ3v) is 3.31. The number of carbonyl (C=O) groups excluding carboxylic acids is 1. The fourth-order valence-electron chi connectivity index (χ4n) is 2.21. The normalized spacial score (nSPS) is 14.2. The Morgan fingerprint density at radius 3 is 2.11 bits per heavy atom. The number of hydrogen-bond donors (Lipinski definition) is 1. The molecule has 0 saturated heterocycles. The van der Waals surface area contributed by atoms with Crippen molar-refractivity contribution in [2.75, 3.05) is 7.11 Å². The van der Waals surface area contributed by atoms with Crippen molar-refractivity contribution in [3.8, 4) is 0 Å². The molecule has 2 atom stereocenters. The Morgan fingerprint density at radius 2 is 1.61 bits per heavy atom. The van der Waals surface area contributed by atoms with Gasteiger partial charge in [0.15, 0.2) is 0 Å². The van der Waals surface area contributed by atoms with Gasteiger partial charge in [0.05, 0.1) is 7.11 Å². The van der Waals surface area contributed by atoms with Gasteiger partial charge in [-0.1, -0.05) is 52.9 Å². The lowest BCUT2D eigenvalue weighted by atomic mass is 10.0. The summed E-state index contributed by atoms with van der Waals surface area (Å²) in [5, 5.41) is 3.50. The van der Waals surface area contributed by atoms with Gasteiger partial charge in [0, 0.05) is 6.04 Å². The molecule has 0 radical (unpaired) electrons. The molecule has 0 bridgehead atoms. The molecule has 0 aromatic rings. The number of methoxy groups -OCH3 is 1. The van der Waals surface area contributed by atoms with Crippen LogP contribution >= 0.6 is 0 Å². The van der Waals surface area contributed by atoms with Crippen molar-refractivity contribution in [1.82, 2.24) is 5.32 Å². The fourth-order valence-corrected chi connectivity index (χ4v) is 2.21. The molecule has 0 aromatic heterocycles. The Morgan fingerprint density at radius 1 is 1.00 bits per heavy atom. The quantitative estimate of drug-likeness (QED) is 0.574. The van der Waals surface area contributed by atoms with Gasteiger partial charge in [-0.3, -0.25) is 4.79 Å². The van der Waals surface area contributed by atoms with Crippen molar-refractivity contribution < 1.29 is 9.53 Å². The van der Waals surface area contributed by atoms with Gasteiger partial charge < -0.3 is 10.1 Å². The third-order valence-electron chi connectivity index (χ3n) is 3.31. The molecule has 0 saturated carbocycles. The number of ether oxygens (including phenoxy) is 1. The zero-order valence-corrected chi connectivity index (χ0v) is 12.6. The molecular weight excluding hydrogens is 226 g/mol. The molecule has 3 heteroatoms. The van der Waals surface area contributed by atoms with Gasteiger partial charge in [0.1, 0.15) is 6.04 Å². The van der Waals surface area contributed by atoms with Gasteiger partial charge in [0.2, 0.25) is 0 Å². The van der Waals surface area contributed by atoms with E-state index in [1.54, 1.807) is 0 Å². The van der Waals surface area contributed by atoms with Crippen molar-refractivity contribution in [3.63, 3.8) is 0 Å². The smallest absolute Gasteiger partial charge is 0.322 e. The zero-order chi connectivity index (χ0) is 13.8. The average Bonchev–Trinajstić information content (AvgIpc) is 2.39. The van der Waals surface area contributed by atoms with Crippen molar-refractivity contribution in [1.29, 1.82) is 0 Å². The standard InChI is InChI=1S/C15H31NO2/c1-5-8-11-13(10-7-3)16-14(12-9-6-2)15(17)18-4/h13-14,16H,5-12H2,1-4H3. The minimum atomic E-state index is -0.122. The molecule has 18 heavy (non-hydrogen) atoms. The van der Waals surface area contributed by atoms with Gasteiger partial charge in [-0.2, -0.15) is 0 Å². The van der Waals surface area contributed by atoms with Gasteiger partial charge in [-0.25, -0.2) is 0 Å². The summed E-state index contributed by atoms with van der Waals surface area (Å²) in [5.74, 6) is -0.110. The maximum Gasteiger partial charge on any atom is 0.322 e. The van der Waals surface area contributed by atoms with Crippen LogP contribution in [-0.4, -0.2) is 25.2 Å². The molecule has 0 heterocycles. The molecule has 0 rings (SSSR count). The van der Waals surface area contributed by atoms with Crippen LogP contribution in [0.3, 0.4) is 0 Å². The number of hydrogen-bond acceptors (Lipinski definition) is 3. The number of unbranched alkanes of at least 4 members (excludes halogenated alkanes) is 2. The molecule has 0 aliphatic heterocycles. The molecule has 0 spiro atoms. The second kappa shape index (κ2) is 11.5. The highest BCUT2D eigenvalue weighted by Gasteiger charge is 2.21. The predicted molar refractivity (Wildman–Crippen MR) is 76.7 cm³/mol. The van der Waals surface area contributed by atoms with Crippen LogP contribution in [0.25, 0.3) is 0 Å². The molecular formula is C15H31NO2. The molecule has 0 aliphatic rings. The molecule has 3 nitrogen and oxygen atoms in total. The summed E-state index contributed by atoms with van der Waals surface area (Å²) in [6.45, 7) is 6.55. The van der Waals surface area contributed by atoms with E-state index in [4.69, 9.17) is 4.74 Å². The zero-order valence-electron chi connectivity index (χ0n) is 12.6. The largest absolute Gasteiger partial charge is 0.468 e. The first-order valence-corrected chi connectivity index (χ1v) is 7.53. The molecule has 0 aromatic carbocycles. The first-order valence-electron chi connectivity index (χ1n) is 7.53. The van der Waals surface area contributed by atoms with E-state index < -0.39 is 0 Å². The highest BCUT2D eigenvalue weighted by molar-refractivity contribution is 5.75. The fraction of sp³-hybridized carbons (Fsp3) is 0.933. The van der Waals surface area contributed by atoms with E-state index in [2.05, 4.69) is 26.1 Å². The summed E-state index contributed by atoms with van der Waals surface area (Å²) in [5.41, 5.74) is 0. The predicted octanol–water partition coefficient (Wildman–Crippen LogP) is 3.67.